The van der Waals surface area contributed by atoms with Gasteiger partial charge in [0.25, 0.3) is 0 Å². The average molecular weight is 344 g/mol. The first-order valence-corrected chi connectivity index (χ1v) is 9.99. The molecule has 1 aliphatic carbocycles. The number of Topliss-reactive ketones (excluding diaryl/α,β-unsaturated/α-hetero) is 1. The summed E-state index contributed by atoms with van der Waals surface area (Å²) in [6.45, 7) is 6.47. The molecule has 0 radical (unpaired) electrons. The van der Waals surface area contributed by atoms with Crippen molar-refractivity contribution >= 4 is 5.78 Å². The van der Waals surface area contributed by atoms with Gasteiger partial charge >= 0.3 is 0 Å². The number of phenols is 1. The van der Waals surface area contributed by atoms with Gasteiger partial charge in [0, 0.05) is 30.2 Å². The Morgan fingerprint density at radius 2 is 1.96 bits per heavy atom. The molecule has 1 saturated carbocycles. The normalized spacial score (nSPS) is 24.4. The largest absolute Gasteiger partial charge is 0.508 e. The molecule has 2 atom stereocenters. The van der Waals surface area contributed by atoms with E-state index >= 15 is 0 Å². The number of aryl methyl sites for hydroxylation is 1. The highest BCUT2D eigenvalue weighted by Crippen LogP contribution is 2.53. The van der Waals surface area contributed by atoms with Gasteiger partial charge in [-0.3, -0.25) is 4.79 Å². The fraction of sp³-hybridized carbons (Fsp3) is 0.682. The highest BCUT2D eigenvalue weighted by Gasteiger charge is 2.47. The van der Waals surface area contributed by atoms with Gasteiger partial charge in [0.05, 0.1) is 0 Å². The molecule has 1 N–H and O–H groups in total. The highest BCUT2D eigenvalue weighted by atomic mass is 16.5. The summed E-state index contributed by atoms with van der Waals surface area (Å²) in [7, 11) is 0. The molecule has 25 heavy (non-hydrogen) atoms. The van der Waals surface area contributed by atoms with Crippen LogP contribution in [0.1, 0.15) is 89.2 Å². The number of carbonyl (C=O) groups is 1. The van der Waals surface area contributed by atoms with Crippen LogP contribution in [-0.2, 0) is 11.2 Å². The number of fused-ring (bicyclic) bond motifs is 3. The fourth-order valence-corrected chi connectivity index (χ4v) is 4.70. The van der Waals surface area contributed by atoms with E-state index in [1.165, 1.54) is 25.7 Å². The van der Waals surface area contributed by atoms with Gasteiger partial charge < -0.3 is 9.84 Å². The summed E-state index contributed by atoms with van der Waals surface area (Å²) in [5.74, 6) is 1.82. The summed E-state index contributed by atoms with van der Waals surface area (Å²) < 4.78 is 6.32. The van der Waals surface area contributed by atoms with Crippen molar-refractivity contribution in [1.82, 2.24) is 0 Å². The van der Waals surface area contributed by atoms with Crippen molar-refractivity contribution in [2.24, 2.45) is 5.92 Å². The monoisotopic (exact) mass is 344 g/mol. The zero-order valence-corrected chi connectivity index (χ0v) is 15.9. The number of hydrogen-bond donors (Lipinski definition) is 1. The van der Waals surface area contributed by atoms with Gasteiger partial charge in [-0.1, -0.05) is 32.6 Å². The smallest absolute Gasteiger partial charge is 0.133 e. The van der Waals surface area contributed by atoms with Gasteiger partial charge in [-0.2, -0.15) is 0 Å². The lowest BCUT2D eigenvalue weighted by molar-refractivity contribution is -0.124. The third-order valence-corrected chi connectivity index (χ3v) is 6.05. The molecule has 0 saturated heterocycles. The second kappa shape index (κ2) is 7.39. The molecule has 1 fully saturated rings. The summed E-state index contributed by atoms with van der Waals surface area (Å²) in [6, 6.07) is 4.00. The van der Waals surface area contributed by atoms with E-state index in [0.717, 1.165) is 36.1 Å². The fourth-order valence-electron chi connectivity index (χ4n) is 4.70. The molecule has 1 aromatic rings. The molecule has 0 amide bonds. The van der Waals surface area contributed by atoms with Crippen molar-refractivity contribution in [1.29, 1.82) is 0 Å². The number of aromatic hydroxyl groups is 1. The maximum atomic E-state index is 12.0. The Hall–Kier alpha value is -1.51. The number of rotatable bonds is 6. The number of hydrogen-bond acceptors (Lipinski definition) is 3. The van der Waals surface area contributed by atoms with Gasteiger partial charge in [0.15, 0.2) is 0 Å². The van der Waals surface area contributed by atoms with Crippen LogP contribution in [0, 0.1) is 5.92 Å². The van der Waals surface area contributed by atoms with E-state index in [9.17, 15) is 9.90 Å². The molecule has 3 heteroatoms. The van der Waals surface area contributed by atoms with Crippen molar-refractivity contribution in [3.63, 3.8) is 0 Å². The van der Waals surface area contributed by atoms with E-state index in [-0.39, 0.29) is 11.5 Å². The van der Waals surface area contributed by atoms with Crippen molar-refractivity contribution in [3.8, 4) is 11.5 Å². The molecule has 0 unspecified atom stereocenters. The molecule has 3 nitrogen and oxygen atoms in total. The topological polar surface area (TPSA) is 46.5 Å². The standard InChI is InChI=1S/C22H32O3/c1-4-5-6-7-8-9-15-12-19(24)21-17-14-16(23)10-11-18(17)22(2,3)25-20(21)13-15/h12-13,17-18,24H,4-11,14H2,1-3H3/t17-,18-/m1/s1. The molecule has 0 bridgehead atoms. The third-order valence-electron chi connectivity index (χ3n) is 6.05. The second-order valence-electron chi connectivity index (χ2n) is 8.39. The lowest BCUT2D eigenvalue weighted by atomic mass is 9.66. The highest BCUT2D eigenvalue weighted by molar-refractivity contribution is 5.81. The molecular formula is C22H32O3. The van der Waals surface area contributed by atoms with E-state index in [2.05, 4.69) is 26.8 Å². The van der Waals surface area contributed by atoms with E-state index in [4.69, 9.17) is 4.74 Å². The number of ether oxygens (including phenoxy) is 1. The minimum absolute atomic E-state index is 0.0959. The molecule has 1 aromatic carbocycles. The molecule has 0 spiro atoms. The first-order chi connectivity index (χ1) is 11.9. The Labute approximate surface area is 151 Å². The van der Waals surface area contributed by atoms with E-state index < -0.39 is 0 Å². The zero-order chi connectivity index (χ0) is 18.0. The summed E-state index contributed by atoms with van der Waals surface area (Å²) in [5, 5.41) is 10.7. The number of unbranched alkanes of at least 4 members (excludes halogenated alkanes) is 4. The van der Waals surface area contributed by atoms with Gasteiger partial charge in [0.1, 0.15) is 22.9 Å². The van der Waals surface area contributed by atoms with Crippen LogP contribution >= 0.6 is 0 Å². The van der Waals surface area contributed by atoms with Crippen LogP contribution < -0.4 is 4.74 Å². The predicted octanol–water partition coefficient (Wildman–Crippen LogP) is 5.53. The van der Waals surface area contributed by atoms with Crippen LogP contribution in [0.5, 0.6) is 11.5 Å². The summed E-state index contributed by atoms with van der Waals surface area (Å²) >= 11 is 0. The summed E-state index contributed by atoms with van der Waals surface area (Å²) in [4.78, 5) is 12.0. The minimum atomic E-state index is -0.287. The van der Waals surface area contributed by atoms with E-state index in [1.54, 1.807) is 0 Å². The molecule has 0 aromatic heterocycles. The zero-order valence-electron chi connectivity index (χ0n) is 15.9. The van der Waals surface area contributed by atoms with Gasteiger partial charge in [-0.25, -0.2) is 0 Å². The molecular weight excluding hydrogens is 312 g/mol. The quantitative estimate of drug-likeness (QED) is 0.690. The van der Waals surface area contributed by atoms with Gasteiger partial charge in [-0.15, -0.1) is 0 Å². The number of ketones is 1. The molecule has 1 heterocycles. The lowest BCUT2D eigenvalue weighted by Crippen LogP contribution is -2.47. The minimum Gasteiger partial charge on any atom is -0.508 e. The van der Waals surface area contributed by atoms with Gasteiger partial charge in [-0.05, 0) is 50.8 Å². The maximum Gasteiger partial charge on any atom is 0.133 e. The first kappa shape index (κ1) is 18.3. The van der Waals surface area contributed by atoms with Crippen molar-refractivity contribution in [2.75, 3.05) is 0 Å². The average Bonchev–Trinajstić information content (AvgIpc) is 2.53. The lowest BCUT2D eigenvalue weighted by Gasteiger charge is -2.47. The van der Waals surface area contributed by atoms with Crippen molar-refractivity contribution < 1.29 is 14.6 Å². The number of carbonyl (C=O) groups excluding carboxylic acids is 1. The van der Waals surface area contributed by atoms with Crippen LogP contribution in [0.15, 0.2) is 12.1 Å². The van der Waals surface area contributed by atoms with Crippen molar-refractivity contribution in [2.45, 2.75) is 90.1 Å². The van der Waals surface area contributed by atoms with Crippen molar-refractivity contribution in [3.05, 3.63) is 23.3 Å². The second-order valence-corrected chi connectivity index (χ2v) is 8.39. The Kier molecular flexibility index (Phi) is 5.41. The van der Waals surface area contributed by atoms with E-state index in [1.807, 2.05) is 6.07 Å². The SMILES string of the molecule is CCCCCCCc1cc(O)c2c(c1)OC(C)(C)[C@@H]1CCC(=O)C[C@@H]21. The molecule has 3 rings (SSSR count). The molecule has 1 aliphatic heterocycles. The maximum absolute atomic E-state index is 12.0. The predicted molar refractivity (Wildman–Crippen MR) is 100 cm³/mol. The first-order valence-electron chi connectivity index (χ1n) is 9.99. The van der Waals surface area contributed by atoms with Crippen LogP contribution in [0.25, 0.3) is 0 Å². The Bertz CT molecular complexity index is 632. The van der Waals surface area contributed by atoms with Gasteiger partial charge in [0.2, 0.25) is 0 Å². The van der Waals surface area contributed by atoms with Crippen LogP contribution in [0.2, 0.25) is 0 Å². The third kappa shape index (κ3) is 3.86. The van der Waals surface area contributed by atoms with Crippen LogP contribution in [-0.4, -0.2) is 16.5 Å². The molecule has 138 valence electrons. The number of phenolic OH excluding ortho intramolecular Hbond substituents is 1. The summed E-state index contributed by atoms with van der Waals surface area (Å²) in [5.41, 5.74) is 1.72. The van der Waals surface area contributed by atoms with E-state index in [0.29, 0.717) is 30.3 Å². The van der Waals surface area contributed by atoms with Crippen LogP contribution in [0.3, 0.4) is 0 Å². The summed E-state index contributed by atoms with van der Waals surface area (Å²) in [6.07, 6.45) is 9.21. The van der Waals surface area contributed by atoms with Crippen LogP contribution in [0.4, 0.5) is 0 Å². The Balaban J connectivity index is 1.81. The Morgan fingerprint density at radius 1 is 1.20 bits per heavy atom. The Morgan fingerprint density at radius 3 is 2.72 bits per heavy atom. The molecule has 2 aliphatic rings. The number of benzene rings is 1.